The number of hydrogen-bond donors (Lipinski definition) is 0. The van der Waals surface area contributed by atoms with Gasteiger partial charge in [0.1, 0.15) is 0 Å². The van der Waals surface area contributed by atoms with Gasteiger partial charge in [-0.1, -0.05) is 42.5 Å². The van der Waals surface area contributed by atoms with Crippen molar-refractivity contribution in [2.45, 2.75) is 25.6 Å². The molecule has 0 amide bonds. The van der Waals surface area contributed by atoms with Crippen LogP contribution in [0.3, 0.4) is 0 Å². The molecule has 5 rings (SSSR count). The lowest BCUT2D eigenvalue weighted by molar-refractivity contribution is 0.182. The fraction of sp³-hybridized carbons (Fsp3) is 0.208. The maximum absolute atomic E-state index is 5.88. The molecule has 4 aromatic rings. The number of pyridine rings is 1. The Morgan fingerprint density at radius 2 is 1.83 bits per heavy atom. The Hall–Kier alpha value is -3.09. The molecule has 0 fully saturated rings. The van der Waals surface area contributed by atoms with Gasteiger partial charge in [0.05, 0.1) is 6.67 Å². The number of nitrogens with zero attached hydrogens (tertiary/aromatic N) is 5. The van der Waals surface area contributed by atoms with E-state index >= 15 is 0 Å². The highest BCUT2D eigenvalue weighted by molar-refractivity contribution is 7.71. The van der Waals surface area contributed by atoms with Gasteiger partial charge < -0.3 is 0 Å². The van der Waals surface area contributed by atoms with E-state index in [0.717, 1.165) is 29.9 Å². The van der Waals surface area contributed by atoms with E-state index in [1.807, 2.05) is 45.8 Å². The minimum Gasteiger partial charge on any atom is -0.280 e. The fourth-order valence-electron chi connectivity index (χ4n) is 4.29. The van der Waals surface area contributed by atoms with Crippen molar-refractivity contribution < 1.29 is 0 Å². The standard InChI is InChI=1S/C24H23N5S/c1-27(22-14-13-18-8-5-6-12-21(18)22)17-28-24(30)29(20-10-3-2-4-11-20)23(26-28)19-9-7-15-25-16-19/h2-12,15-16,22H,13-14,17H2,1H3. The van der Waals surface area contributed by atoms with Gasteiger partial charge in [-0.25, -0.2) is 4.68 Å². The summed E-state index contributed by atoms with van der Waals surface area (Å²) >= 11 is 5.88. The molecule has 2 aromatic carbocycles. The molecular formula is C24H23N5S. The summed E-state index contributed by atoms with van der Waals surface area (Å²) in [4.78, 5) is 6.62. The zero-order chi connectivity index (χ0) is 20.5. The van der Waals surface area contributed by atoms with Crippen molar-refractivity contribution in [2.75, 3.05) is 7.05 Å². The van der Waals surface area contributed by atoms with E-state index in [9.17, 15) is 0 Å². The van der Waals surface area contributed by atoms with Crippen molar-refractivity contribution in [3.8, 4) is 17.1 Å². The number of aromatic nitrogens is 4. The van der Waals surface area contributed by atoms with Crippen LogP contribution in [-0.4, -0.2) is 31.3 Å². The first kappa shape index (κ1) is 18.9. The normalized spacial score (nSPS) is 15.5. The molecular weight excluding hydrogens is 390 g/mol. The van der Waals surface area contributed by atoms with Gasteiger partial charge in [0, 0.05) is 29.7 Å². The summed E-state index contributed by atoms with van der Waals surface area (Å²) < 4.78 is 4.63. The summed E-state index contributed by atoms with van der Waals surface area (Å²) in [5.74, 6) is 0.805. The Bertz CT molecular complexity index is 1210. The lowest BCUT2D eigenvalue weighted by Gasteiger charge is -2.24. The van der Waals surface area contributed by atoms with E-state index in [4.69, 9.17) is 17.3 Å². The molecule has 1 aliphatic rings. The van der Waals surface area contributed by atoms with E-state index in [1.165, 1.54) is 11.1 Å². The maximum atomic E-state index is 5.88. The van der Waals surface area contributed by atoms with Crippen molar-refractivity contribution in [1.82, 2.24) is 24.2 Å². The van der Waals surface area contributed by atoms with Crippen LogP contribution in [0.5, 0.6) is 0 Å². The number of rotatable bonds is 5. The largest absolute Gasteiger partial charge is 0.280 e. The highest BCUT2D eigenvalue weighted by Crippen LogP contribution is 2.35. The molecule has 0 radical (unpaired) electrons. The summed E-state index contributed by atoms with van der Waals surface area (Å²) in [5.41, 5.74) is 4.81. The van der Waals surface area contributed by atoms with E-state index < -0.39 is 0 Å². The average Bonchev–Trinajstić information content (AvgIpc) is 3.36. The molecule has 0 saturated heterocycles. The molecule has 2 heterocycles. The van der Waals surface area contributed by atoms with Gasteiger partial charge >= 0.3 is 0 Å². The summed E-state index contributed by atoms with van der Waals surface area (Å²) in [6, 6.07) is 23.2. The Morgan fingerprint density at radius 3 is 2.63 bits per heavy atom. The van der Waals surface area contributed by atoms with Crippen LogP contribution in [0, 0.1) is 4.77 Å². The van der Waals surface area contributed by atoms with Gasteiger partial charge in [-0.05, 0) is 67.5 Å². The zero-order valence-corrected chi connectivity index (χ0v) is 17.7. The predicted octanol–water partition coefficient (Wildman–Crippen LogP) is 5.04. The Morgan fingerprint density at radius 1 is 1.03 bits per heavy atom. The molecule has 1 unspecified atom stereocenters. The third-order valence-electron chi connectivity index (χ3n) is 5.76. The van der Waals surface area contributed by atoms with E-state index in [-0.39, 0.29) is 0 Å². The number of fused-ring (bicyclic) bond motifs is 1. The minimum absolute atomic E-state index is 0.381. The highest BCUT2D eigenvalue weighted by atomic mass is 32.1. The molecule has 5 nitrogen and oxygen atoms in total. The van der Waals surface area contributed by atoms with Crippen LogP contribution in [0.1, 0.15) is 23.6 Å². The topological polar surface area (TPSA) is 38.9 Å². The molecule has 0 N–H and O–H groups in total. The summed E-state index contributed by atoms with van der Waals surface area (Å²) in [6.45, 7) is 0.630. The van der Waals surface area contributed by atoms with Gasteiger partial charge in [-0.3, -0.25) is 14.5 Å². The third kappa shape index (κ3) is 3.38. The van der Waals surface area contributed by atoms with Gasteiger partial charge in [-0.2, -0.15) is 0 Å². The van der Waals surface area contributed by atoms with Crippen LogP contribution in [-0.2, 0) is 13.1 Å². The smallest absolute Gasteiger partial charge is 0.204 e. The number of aryl methyl sites for hydroxylation is 1. The van der Waals surface area contributed by atoms with Gasteiger partial charge in [0.2, 0.25) is 4.77 Å². The maximum Gasteiger partial charge on any atom is 0.204 e. The second kappa shape index (κ2) is 7.97. The molecule has 150 valence electrons. The second-order valence-electron chi connectivity index (χ2n) is 7.67. The van der Waals surface area contributed by atoms with Crippen molar-refractivity contribution >= 4 is 12.2 Å². The Labute approximate surface area is 181 Å². The lowest BCUT2D eigenvalue weighted by atomic mass is 10.1. The summed E-state index contributed by atoms with van der Waals surface area (Å²) in [5, 5.41) is 4.92. The van der Waals surface area contributed by atoms with Crippen LogP contribution >= 0.6 is 12.2 Å². The van der Waals surface area contributed by atoms with Crippen molar-refractivity contribution in [3.05, 3.63) is 95.0 Å². The van der Waals surface area contributed by atoms with Crippen molar-refractivity contribution in [3.63, 3.8) is 0 Å². The first-order valence-electron chi connectivity index (χ1n) is 10.2. The molecule has 1 atom stereocenters. The van der Waals surface area contributed by atoms with Crippen LogP contribution < -0.4 is 0 Å². The highest BCUT2D eigenvalue weighted by Gasteiger charge is 2.26. The van der Waals surface area contributed by atoms with E-state index in [0.29, 0.717) is 17.5 Å². The number of para-hydroxylation sites is 1. The summed E-state index contributed by atoms with van der Waals surface area (Å²) in [7, 11) is 2.15. The molecule has 0 spiro atoms. The van der Waals surface area contributed by atoms with Gasteiger partial charge in [-0.15, -0.1) is 5.10 Å². The van der Waals surface area contributed by atoms with Gasteiger partial charge in [0.15, 0.2) is 5.82 Å². The van der Waals surface area contributed by atoms with Crippen LogP contribution in [0.2, 0.25) is 0 Å². The lowest BCUT2D eigenvalue weighted by Crippen LogP contribution is -2.26. The summed E-state index contributed by atoms with van der Waals surface area (Å²) in [6.07, 6.45) is 5.85. The molecule has 30 heavy (non-hydrogen) atoms. The third-order valence-corrected chi connectivity index (χ3v) is 6.16. The molecule has 0 bridgehead atoms. The Balaban J connectivity index is 1.54. The van der Waals surface area contributed by atoms with Crippen LogP contribution in [0.25, 0.3) is 17.1 Å². The molecule has 0 aliphatic heterocycles. The molecule has 1 aliphatic carbocycles. The monoisotopic (exact) mass is 413 g/mol. The number of hydrogen-bond acceptors (Lipinski definition) is 4. The zero-order valence-electron chi connectivity index (χ0n) is 16.8. The van der Waals surface area contributed by atoms with Crippen molar-refractivity contribution in [1.29, 1.82) is 0 Å². The predicted molar refractivity (Wildman–Crippen MR) is 121 cm³/mol. The SMILES string of the molecule is CN(Cn1nc(-c2cccnc2)n(-c2ccccc2)c1=S)C1CCc2ccccc21. The van der Waals surface area contributed by atoms with E-state index in [1.54, 1.807) is 6.20 Å². The van der Waals surface area contributed by atoms with Crippen molar-refractivity contribution in [2.24, 2.45) is 0 Å². The molecule has 0 saturated carbocycles. The molecule has 6 heteroatoms. The quantitative estimate of drug-likeness (QED) is 0.430. The van der Waals surface area contributed by atoms with E-state index in [2.05, 4.69) is 53.3 Å². The number of benzene rings is 2. The average molecular weight is 414 g/mol. The van der Waals surface area contributed by atoms with Crippen LogP contribution in [0.4, 0.5) is 0 Å². The van der Waals surface area contributed by atoms with Crippen LogP contribution in [0.15, 0.2) is 79.1 Å². The first-order chi connectivity index (χ1) is 14.7. The Kier molecular flexibility index (Phi) is 5.02. The fourth-order valence-corrected chi connectivity index (χ4v) is 4.58. The first-order valence-corrected chi connectivity index (χ1v) is 10.6. The van der Waals surface area contributed by atoms with Gasteiger partial charge in [0.25, 0.3) is 0 Å². The second-order valence-corrected chi connectivity index (χ2v) is 8.04. The molecule has 2 aromatic heterocycles. The minimum atomic E-state index is 0.381.